The van der Waals surface area contributed by atoms with Gasteiger partial charge in [-0.25, -0.2) is 9.78 Å². The number of nitrogens with one attached hydrogen (secondary N) is 2. The van der Waals surface area contributed by atoms with Crippen molar-refractivity contribution in [1.82, 2.24) is 15.3 Å². The van der Waals surface area contributed by atoms with Crippen molar-refractivity contribution in [2.45, 2.75) is 44.9 Å². The number of aromatic nitrogens is 2. The van der Waals surface area contributed by atoms with Crippen LogP contribution in [0, 0.1) is 0 Å². The van der Waals surface area contributed by atoms with Gasteiger partial charge in [0.15, 0.2) is 6.10 Å². The molecule has 0 aromatic carbocycles. The number of carbonyl (C=O) groups is 3. The van der Waals surface area contributed by atoms with Gasteiger partial charge >= 0.3 is 12.2 Å². The number of aliphatic hydroxyl groups is 1. The Morgan fingerprint density at radius 2 is 2.21 bits per heavy atom. The first-order valence-electron chi connectivity index (χ1n) is 7.23. The van der Waals surface area contributed by atoms with Crippen LogP contribution in [0.3, 0.4) is 0 Å². The number of rotatable bonds is 9. The molecule has 0 aliphatic rings. The van der Waals surface area contributed by atoms with E-state index in [1.165, 1.54) is 12.4 Å². The quantitative estimate of drug-likeness (QED) is 0.239. The van der Waals surface area contributed by atoms with Gasteiger partial charge in [-0.1, -0.05) is 0 Å². The molecule has 1 heterocycles. The summed E-state index contributed by atoms with van der Waals surface area (Å²) in [5.41, 5.74) is 8.30. The number of ketones is 1. The summed E-state index contributed by atoms with van der Waals surface area (Å²) in [7, 11) is 0. The van der Waals surface area contributed by atoms with Crippen molar-refractivity contribution in [3.05, 3.63) is 23.7 Å². The zero-order chi connectivity index (χ0) is 18.1. The van der Waals surface area contributed by atoms with Crippen LogP contribution in [0.5, 0.6) is 0 Å². The summed E-state index contributed by atoms with van der Waals surface area (Å²) in [4.78, 5) is 44.4. The molecule has 3 N–H and O–H groups in total. The SMILES string of the molecule is CC(C)OC(=O)[C@H](CCC(=O)C=[N+]=[N-])NC(=O)[C@H](O)c1ncc[nH]1. The Morgan fingerprint density at radius 3 is 2.75 bits per heavy atom. The number of hydrogen-bond acceptors (Lipinski definition) is 6. The van der Waals surface area contributed by atoms with E-state index >= 15 is 0 Å². The predicted molar refractivity (Wildman–Crippen MR) is 80.6 cm³/mol. The number of aromatic amines is 1. The Balaban J connectivity index is 2.76. The van der Waals surface area contributed by atoms with E-state index in [2.05, 4.69) is 20.1 Å². The number of Topliss-reactive ketones (excluding diaryl/α,β-unsaturated/α-hetero) is 1. The van der Waals surface area contributed by atoms with Crippen molar-refractivity contribution < 1.29 is 29.0 Å². The van der Waals surface area contributed by atoms with E-state index in [1.54, 1.807) is 13.8 Å². The normalized spacial score (nSPS) is 12.8. The molecule has 0 radical (unpaired) electrons. The zero-order valence-electron chi connectivity index (χ0n) is 13.3. The van der Waals surface area contributed by atoms with Crippen molar-refractivity contribution in [2.24, 2.45) is 0 Å². The molecule has 0 aliphatic heterocycles. The van der Waals surface area contributed by atoms with Gasteiger partial charge in [0.05, 0.1) is 6.10 Å². The Morgan fingerprint density at radius 1 is 1.50 bits per heavy atom. The molecule has 130 valence electrons. The molecular weight excluding hydrogens is 318 g/mol. The minimum absolute atomic E-state index is 0.0203. The smallest absolute Gasteiger partial charge is 0.328 e. The number of imidazole rings is 1. The number of esters is 1. The van der Waals surface area contributed by atoms with Gasteiger partial charge in [0.2, 0.25) is 5.78 Å². The third-order valence-electron chi connectivity index (χ3n) is 2.86. The van der Waals surface area contributed by atoms with Crippen LogP contribution in [0.25, 0.3) is 5.53 Å². The van der Waals surface area contributed by atoms with Crippen LogP contribution in [0.15, 0.2) is 12.4 Å². The Kier molecular flexibility index (Phi) is 7.47. The first-order chi connectivity index (χ1) is 11.3. The average Bonchev–Trinajstić information content (AvgIpc) is 3.04. The van der Waals surface area contributed by atoms with E-state index in [-0.39, 0.29) is 18.7 Å². The molecule has 0 aliphatic carbocycles. The summed E-state index contributed by atoms with van der Waals surface area (Å²) in [5, 5.41) is 12.2. The average molecular weight is 337 g/mol. The topological polar surface area (TPSA) is 158 Å². The number of carbonyl (C=O) groups excluding carboxylic acids is 3. The number of aliphatic hydroxyl groups excluding tert-OH is 1. The highest BCUT2D eigenvalue weighted by atomic mass is 16.5. The maximum absolute atomic E-state index is 12.0. The lowest BCUT2D eigenvalue weighted by molar-refractivity contribution is -0.152. The fourth-order valence-electron chi connectivity index (χ4n) is 1.78. The highest BCUT2D eigenvalue weighted by Gasteiger charge is 2.28. The van der Waals surface area contributed by atoms with Crippen LogP contribution in [0.2, 0.25) is 0 Å². The van der Waals surface area contributed by atoms with Crippen LogP contribution >= 0.6 is 0 Å². The maximum atomic E-state index is 12.0. The van der Waals surface area contributed by atoms with Crippen molar-refractivity contribution in [3.63, 3.8) is 0 Å². The molecule has 0 unspecified atom stereocenters. The van der Waals surface area contributed by atoms with E-state index < -0.39 is 35.9 Å². The molecule has 24 heavy (non-hydrogen) atoms. The molecule has 1 amide bonds. The fraction of sp³-hybridized carbons (Fsp3) is 0.500. The Labute approximate surface area is 137 Å². The van der Waals surface area contributed by atoms with Crippen LogP contribution in [0.1, 0.15) is 38.6 Å². The largest absolute Gasteiger partial charge is 0.461 e. The highest BCUT2D eigenvalue weighted by molar-refractivity contribution is 6.25. The Hall–Kier alpha value is -2.84. The third-order valence-corrected chi connectivity index (χ3v) is 2.86. The number of nitrogens with zero attached hydrogens (tertiary/aromatic N) is 3. The second-order valence-corrected chi connectivity index (χ2v) is 5.17. The van der Waals surface area contributed by atoms with Gasteiger partial charge < -0.3 is 25.7 Å². The van der Waals surface area contributed by atoms with Crippen molar-refractivity contribution in [2.75, 3.05) is 0 Å². The van der Waals surface area contributed by atoms with E-state index in [1.807, 2.05) is 0 Å². The van der Waals surface area contributed by atoms with Crippen LogP contribution < -0.4 is 5.32 Å². The minimum Gasteiger partial charge on any atom is -0.461 e. The summed E-state index contributed by atoms with van der Waals surface area (Å²) in [6.45, 7) is 3.27. The highest BCUT2D eigenvalue weighted by Crippen LogP contribution is 2.09. The summed E-state index contributed by atoms with van der Waals surface area (Å²) in [6, 6.07) is -1.14. The first kappa shape index (κ1) is 19.2. The third kappa shape index (κ3) is 6.11. The van der Waals surface area contributed by atoms with Crippen LogP contribution in [-0.2, 0) is 19.1 Å². The second-order valence-electron chi connectivity index (χ2n) is 5.17. The lowest BCUT2D eigenvalue weighted by atomic mass is 10.1. The lowest BCUT2D eigenvalue weighted by Gasteiger charge is -2.19. The summed E-state index contributed by atoms with van der Waals surface area (Å²) < 4.78 is 5.02. The van der Waals surface area contributed by atoms with Crippen LogP contribution in [-0.4, -0.2) is 55.9 Å². The van der Waals surface area contributed by atoms with Crippen molar-refractivity contribution in [1.29, 1.82) is 0 Å². The molecule has 0 saturated carbocycles. The minimum atomic E-state index is -1.59. The Bertz CT molecular complexity index is 622. The second kappa shape index (κ2) is 9.33. The van der Waals surface area contributed by atoms with E-state index in [0.29, 0.717) is 6.21 Å². The predicted octanol–water partition coefficient (Wildman–Crippen LogP) is -0.471. The summed E-state index contributed by atoms with van der Waals surface area (Å²) in [6.07, 6.45) is 1.26. The lowest BCUT2D eigenvalue weighted by Crippen LogP contribution is -2.45. The molecule has 10 nitrogen and oxygen atoms in total. The van der Waals surface area contributed by atoms with Crippen LogP contribution in [0.4, 0.5) is 0 Å². The molecule has 0 fully saturated rings. The zero-order valence-corrected chi connectivity index (χ0v) is 13.3. The molecule has 1 aromatic heterocycles. The first-order valence-corrected chi connectivity index (χ1v) is 7.23. The molecule has 1 rings (SSSR count). The molecule has 0 saturated heterocycles. The molecule has 10 heteroatoms. The maximum Gasteiger partial charge on any atom is 0.328 e. The molecule has 2 atom stereocenters. The standard InChI is InChI=1S/C14H19N5O5/c1-8(2)24-14(23)10(4-3-9(20)7-18-15)19-13(22)11(21)12-16-5-6-17-12/h5-8,10-11,21H,3-4H2,1-2H3,(H,16,17)(H,19,22)/t10-,11+/m0/s1. The van der Waals surface area contributed by atoms with E-state index in [0.717, 1.165) is 0 Å². The summed E-state index contributed by atoms with van der Waals surface area (Å²) in [5.74, 6) is -2.11. The molecule has 0 spiro atoms. The van der Waals surface area contributed by atoms with Crippen molar-refractivity contribution in [3.8, 4) is 0 Å². The number of ether oxygens (including phenoxy) is 1. The van der Waals surface area contributed by atoms with Crippen molar-refractivity contribution >= 4 is 23.9 Å². The number of H-pyrrole nitrogens is 1. The summed E-state index contributed by atoms with van der Waals surface area (Å²) >= 11 is 0. The van der Waals surface area contributed by atoms with E-state index in [4.69, 9.17) is 10.3 Å². The molecular formula is C14H19N5O5. The van der Waals surface area contributed by atoms with Gasteiger partial charge in [-0.2, -0.15) is 4.79 Å². The molecule has 1 aromatic rings. The van der Waals surface area contributed by atoms with E-state index in [9.17, 15) is 19.5 Å². The van der Waals surface area contributed by atoms with Gasteiger partial charge in [-0.3, -0.25) is 9.59 Å². The fourth-order valence-corrected chi connectivity index (χ4v) is 1.78. The van der Waals surface area contributed by atoms with Gasteiger partial charge in [-0.05, 0) is 20.3 Å². The number of hydrogen-bond donors (Lipinski definition) is 3. The monoisotopic (exact) mass is 337 g/mol. The van der Waals surface area contributed by atoms with Gasteiger partial charge in [0.1, 0.15) is 11.9 Å². The van der Waals surface area contributed by atoms with Gasteiger partial charge in [0, 0.05) is 18.8 Å². The number of amides is 1. The van der Waals surface area contributed by atoms with Gasteiger partial charge in [-0.15, -0.1) is 0 Å². The van der Waals surface area contributed by atoms with Gasteiger partial charge in [0.25, 0.3) is 5.91 Å². The molecule has 0 bridgehead atoms.